The van der Waals surface area contributed by atoms with Crippen LogP contribution in [0, 0.1) is 0 Å². The summed E-state index contributed by atoms with van der Waals surface area (Å²) in [5.41, 5.74) is 2.34. The lowest BCUT2D eigenvalue weighted by Crippen LogP contribution is -2.19. The molecule has 0 aliphatic rings. The van der Waals surface area contributed by atoms with E-state index in [9.17, 15) is 0 Å². The van der Waals surface area contributed by atoms with Crippen molar-refractivity contribution in [2.75, 3.05) is 14.2 Å². The molecular formula is C15H17BrN2O. The zero-order chi connectivity index (χ0) is 13.7. The van der Waals surface area contributed by atoms with Crippen LogP contribution in [-0.2, 0) is 6.42 Å². The standard InChI is InChI=1S/C15H17BrN2O/c1-17-14(12-7-13(16)10-18-9-12)8-11-5-3-4-6-15(11)19-2/h3-7,9-10,14,17H,8H2,1-2H3. The Morgan fingerprint density at radius 2 is 2.11 bits per heavy atom. The Morgan fingerprint density at radius 3 is 2.79 bits per heavy atom. The molecule has 0 amide bonds. The molecule has 19 heavy (non-hydrogen) atoms. The van der Waals surface area contributed by atoms with Gasteiger partial charge in [0.25, 0.3) is 0 Å². The molecule has 0 aliphatic carbocycles. The summed E-state index contributed by atoms with van der Waals surface area (Å²) < 4.78 is 6.39. The second kappa shape index (κ2) is 6.68. The molecule has 4 heteroatoms. The fourth-order valence-corrected chi connectivity index (χ4v) is 2.48. The van der Waals surface area contributed by atoms with Gasteiger partial charge < -0.3 is 10.1 Å². The maximum Gasteiger partial charge on any atom is 0.122 e. The van der Waals surface area contributed by atoms with E-state index in [0.29, 0.717) is 0 Å². The molecule has 2 aromatic rings. The molecule has 1 heterocycles. The van der Waals surface area contributed by atoms with Crippen molar-refractivity contribution < 1.29 is 4.74 Å². The summed E-state index contributed by atoms with van der Waals surface area (Å²) in [6, 6.07) is 10.4. The molecule has 1 unspecified atom stereocenters. The molecule has 1 atom stereocenters. The van der Waals surface area contributed by atoms with Crippen molar-refractivity contribution >= 4 is 15.9 Å². The maximum absolute atomic E-state index is 5.40. The summed E-state index contributed by atoms with van der Waals surface area (Å²) >= 11 is 3.46. The third-order valence-corrected chi connectivity index (χ3v) is 3.53. The number of nitrogens with one attached hydrogen (secondary N) is 1. The van der Waals surface area contributed by atoms with Crippen LogP contribution in [0.1, 0.15) is 17.2 Å². The Hall–Kier alpha value is -1.39. The number of ether oxygens (including phenoxy) is 1. The van der Waals surface area contributed by atoms with E-state index in [1.54, 1.807) is 13.3 Å². The smallest absolute Gasteiger partial charge is 0.122 e. The highest BCUT2D eigenvalue weighted by molar-refractivity contribution is 9.10. The predicted molar refractivity (Wildman–Crippen MR) is 80.4 cm³/mol. The van der Waals surface area contributed by atoms with E-state index < -0.39 is 0 Å². The third kappa shape index (κ3) is 3.55. The Labute approximate surface area is 122 Å². The minimum atomic E-state index is 0.210. The van der Waals surface area contributed by atoms with E-state index in [4.69, 9.17) is 4.74 Å². The van der Waals surface area contributed by atoms with Gasteiger partial charge in [-0.15, -0.1) is 0 Å². The van der Waals surface area contributed by atoms with Crippen LogP contribution in [0.4, 0.5) is 0 Å². The SMILES string of the molecule is CNC(Cc1ccccc1OC)c1cncc(Br)c1. The Kier molecular flexibility index (Phi) is 4.93. The minimum Gasteiger partial charge on any atom is -0.496 e. The lowest BCUT2D eigenvalue weighted by molar-refractivity contribution is 0.406. The monoisotopic (exact) mass is 320 g/mol. The first-order valence-electron chi connectivity index (χ1n) is 6.14. The minimum absolute atomic E-state index is 0.210. The number of halogens is 1. The fourth-order valence-electron chi connectivity index (χ4n) is 2.10. The second-order valence-corrected chi connectivity index (χ2v) is 5.21. The van der Waals surface area contributed by atoms with Crippen LogP contribution in [0.2, 0.25) is 0 Å². The third-order valence-electron chi connectivity index (χ3n) is 3.09. The van der Waals surface area contributed by atoms with Gasteiger partial charge in [-0.3, -0.25) is 4.98 Å². The number of rotatable bonds is 5. The molecule has 0 saturated carbocycles. The molecule has 1 N–H and O–H groups in total. The summed E-state index contributed by atoms with van der Waals surface area (Å²) in [7, 11) is 3.66. The average molecular weight is 321 g/mol. The van der Waals surface area contributed by atoms with Crippen LogP contribution in [-0.4, -0.2) is 19.1 Å². The maximum atomic E-state index is 5.40. The number of likely N-dealkylation sites (N-methyl/N-ethyl adjacent to an activating group) is 1. The summed E-state index contributed by atoms with van der Waals surface area (Å²) in [6.07, 6.45) is 4.54. The van der Waals surface area contributed by atoms with E-state index in [0.717, 1.165) is 22.2 Å². The number of benzene rings is 1. The highest BCUT2D eigenvalue weighted by Gasteiger charge is 2.13. The molecule has 1 aromatic carbocycles. The lowest BCUT2D eigenvalue weighted by atomic mass is 10.00. The molecule has 0 fully saturated rings. The molecule has 1 aromatic heterocycles. The van der Waals surface area contributed by atoms with Crippen LogP contribution < -0.4 is 10.1 Å². The quantitative estimate of drug-likeness (QED) is 0.917. The first-order valence-corrected chi connectivity index (χ1v) is 6.93. The molecule has 0 radical (unpaired) electrons. The Morgan fingerprint density at radius 1 is 1.32 bits per heavy atom. The average Bonchev–Trinajstić information content (AvgIpc) is 2.45. The van der Waals surface area contributed by atoms with Gasteiger partial charge in [-0.1, -0.05) is 18.2 Å². The van der Waals surface area contributed by atoms with Crippen molar-refractivity contribution in [3.8, 4) is 5.75 Å². The highest BCUT2D eigenvalue weighted by atomic mass is 79.9. The van der Waals surface area contributed by atoms with Crippen molar-refractivity contribution in [2.45, 2.75) is 12.5 Å². The number of para-hydroxylation sites is 1. The second-order valence-electron chi connectivity index (χ2n) is 4.29. The molecule has 0 aliphatic heterocycles. The Balaban J connectivity index is 2.24. The topological polar surface area (TPSA) is 34.1 Å². The van der Waals surface area contributed by atoms with Gasteiger partial charge in [0.2, 0.25) is 0 Å². The van der Waals surface area contributed by atoms with Gasteiger partial charge in [-0.2, -0.15) is 0 Å². The molecule has 0 bridgehead atoms. The zero-order valence-corrected chi connectivity index (χ0v) is 12.6. The highest BCUT2D eigenvalue weighted by Crippen LogP contribution is 2.25. The van der Waals surface area contributed by atoms with Crippen LogP contribution in [0.15, 0.2) is 47.2 Å². The Bertz CT molecular complexity index is 545. The largest absolute Gasteiger partial charge is 0.496 e. The first kappa shape index (κ1) is 14.0. The van der Waals surface area contributed by atoms with Crippen molar-refractivity contribution in [1.29, 1.82) is 0 Å². The summed E-state index contributed by atoms with van der Waals surface area (Å²) in [4.78, 5) is 4.22. The molecular weight excluding hydrogens is 304 g/mol. The van der Waals surface area contributed by atoms with Gasteiger partial charge >= 0.3 is 0 Å². The van der Waals surface area contributed by atoms with E-state index in [2.05, 4.69) is 38.4 Å². The van der Waals surface area contributed by atoms with Crippen LogP contribution >= 0.6 is 15.9 Å². The molecule has 3 nitrogen and oxygen atoms in total. The van der Waals surface area contributed by atoms with Gasteiger partial charge in [-0.25, -0.2) is 0 Å². The zero-order valence-electron chi connectivity index (χ0n) is 11.1. The van der Waals surface area contributed by atoms with Crippen LogP contribution in [0.25, 0.3) is 0 Å². The number of hydrogen-bond acceptors (Lipinski definition) is 3. The van der Waals surface area contributed by atoms with E-state index >= 15 is 0 Å². The van der Waals surface area contributed by atoms with Gasteiger partial charge in [0.15, 0.2) is 0 Å². The fraction of sp³-hybridized carbons (Fsp3) is 0.267. The normalized spacial score (nSPS) is 12.2. The van der Waals surface area contributed by atoms with Crippen molar-refractivity contribution in [2.24, 2.45) is 0 Å². The van der Waals surface area contributed by atoms with Gasteiger partial charge in [-0.05, 0) is 52.7 Å². The first-order chi connectivity index (χ1) is 9.24. The van der Waals surface area contributed by atoms with Gasteiger partial charge in [0.1, 0.15) is 5.75 Å². The number of aromatic nitrogens is 1. The predicted octanol–water partition coefficient (Wildman–Crippen LogP) is 3.36. The number of hydrogen-bond donors (Lipinski definition) is 1. The van der Waals surface area contributed by atoms with Crippen molar-refractivity contribution in [3.05, 3.63) is 58.3 Å². The molecule has 100 valence electrons. The molecule has 0 spiro atoms. The summed E-state index contributed by atoms with van der Waals surface area (Å²) in [5, 5.41) is 3.33. The van der Waals surface area contributed by atoms with Gasteiger partial charge in [0, 0.05) is 22.9 Å². The van der Waals surface area contributed by atoms with E-state index in [-0.39, 0.29) is 6.04 Å². The van der Waals surface area contributed by atoms with Crippen molar-refractivity contribution in [1.82, 2.24) is 10.3 Å². The van der Waals surface area contributed by atoms with Gasteiger partial charge in [0.05, 0.1) is 7.11 Å². The molecule has 2 rings (SSSR count). The van der Waals surface area contributed by atoms with Crippen LogP contribution in [0.5, 0.6) is 5.75 Å². The van der Waals surface area contributed by atoms with E-state index in [1.165, 1.54) is 5.56 Å². The number of nitrogens with zero attached hydrogens (tertiary/aromatic N) is 1. The van der Waals surface area contributed by atoms with E-state index in [1.807, 2.05) is 31.4 Å². The number of pyridine rings is 1. The van der Waals surface area contributed by atoms with Crippen LogP contribution in [0.3, 0.4) is 0 Å². The summed E-state index contributed by atoms with van der Waals surface area (Å²) in [6.45, 7) is 0. The van der Waals surface area contributed by atoms with Crippen molar-refractivity contribution in [3.63, 3.8) is 0 Å². The number of methoxy groups -OCH3 is 1. The lowest BCUT2D eigenvalue weighted by Gasteiger charge is -2.18. The summed E-state index contributed by atoms with van der Waals surface area (Å²) in [5.74, 6) is 0.922. The molecule has 0 saturated heterocycles.